The summed E-state index contributed by atoms with van der Waals surface area (Å²) in [6.45, 7) is 2.05. The van der Waals surface area contributed by atoms with E-state index in [-0.39, 0.29) is 5.56 Å². The van der Waals surface area contributed by atoms with Gasteiger partial charge in [0.1, 0.15) is 11.4 Å². The van der Waals surface area contributed by atoms with Gasteiger partial charge >= 0.3 is 0 Å². The summed E-state index contributed by atoms with van der Waals surface area (Å²) >= 11 is 1.66. The molecule has 2 heterocycles. The van der Waals surface area contributed by atoms with Crippen molar-refractivity contribution in [2.24, 2.45) is 0 Å². The third-order valence-electron chi connectivity index (χ3n) is 2.97. The summed E-state index contributed by atoms with van der Waals surface area (Å²) in [6.07, 6.45) is 0. The van der Waals surface area contributed by atoms with E-state index in [2.05, 4.69) is 10.2 Å². The number of H-pyrrole nitrogens is 1. The molecule has 1 N–H and O–H groups in total. The van der Waals surface area contributed by atoms with E-state index in [1.54, 1.807) is 24.5 Å². The Labute approximate surface area is 113 Å². The van der Waals surface area contributed by atoms with Gasteiger partial charge in [-0.05, 0) is 37.3 Å². The molecule has 0 spiro atoms. The van der Waals surface area contributed by atoms with Crippen LogP contribution in [0.4, 0.5) is 0 Å². The molecule has 0 aliphatic carbocycles. The molecule has 1 aromatic carbocycles. The fourth-order valence-electron chi connectivity index (χ4n) is 2.02. The Hall–Kier alpha value is -2.14. The van der Waals surface area contributed by atoms with Crippen LogP contribution in [0.25, 0.3) is 21.3 Å². The number of thiophene rings is 1. The van der Waals surface area contributed by atoms with E-state index in [9.17, 15) is 4.79 Å². The first-order valence-electron chi connectivity index (χ1n) is 5.82. The van der Waals surface area contributed by atoms with Crippen molar-refractivity contribution in [2.75, 3.05) is 7.11 Å². The summed E-state index contributed by atoms with van der Waals surface area (Å²) < 4.78 is 5.16. The highest BCUT2D eigenvalue weighted by molar-refractivity contribution is 7.15. The quantitative estimate of drug-likeness (QED) is 0.780. The lowest BCUT2D eigenvalue weighted by atomic mass is 10.1. The topological polar surface area (TPSA) is 55.0 Å². The average molecular weight is 272 g/mol. The molecule has 0 saturated heterocycles. The summed E-state index contributed by atoms with van der Waals surface area (Å²) in [5.74, 6) is 0.664. The number of nitrogens with zero attached hydrogens (tertiary/aromatic N) is 1. The van der Waals surface area contributed by atoms with Crippen molar-refractivity contribution < 1.29 is 4.74 Å². The fraction of sp³-hybridized carbons (Fsp3) is 0.143. The standard InChI is InChI=1S/C14H12N2O2S/c1-8-3-6-12(19-8)13-10-5-4-9(18-2)7-11(10)14(17)16-15-13/h3-7H,1-2H3,(H,16,17). The third kappa shape index (κ3) is 2.02. The molecule has 96 valence electrons. The zero-order chi connectivity index (χ0) is 13.4. The molecule has 5 heteroatoms. The number of hydrogen-bond acceptors (Lipinski definition) is 4. The second-order valence-corrected chi connectivity index (χ2v) is 5.51. The average Bonchev–Trinajstić information content (AvgIpc) is 2.85. The minimum absolute atomic E-state index is 0.203. The summed E-state index contributed by atoms with van der Waals surface area (Å²) in [5, 5.41) is 8.16. The van der Waals surface area contributed by atoms with Crippen LogP contribution in [0.2, 0.25) is 0 Å². The van der Waals surface area contributed by atoms with E-state index >= 15 is 0 Å². The second-order valence-electron chi connectivity index (χ2n) is 4.22. The lowest BCUT2D eigenvalue weighted by Gasteiger charge is -2.05. The SMILES string of the molecule is COc1ccc2c(-c3ccc(C)s3)n[nH]c(=O)c2c1. The molecule has 2 aromatic heterocycles. The summed E-state index contributed by atoms with van der Waals surface area (Å²) in [6, 6.07) is 9.51. The van der Waals surface area contributed by atoms with Crippen LogP contribution in [-0.2, 0) is 0 Å². The van der Waals surface area contributed by atoms with Crippen molar-refractivity contribution in [1.82, 2.24) is 10.2 Å². The van der Waals surface area contributed by atoms with Gasteiger partial charge in [0.25, 0.3) is 5.56 Å². The molecule has 3 aromatic rings. The lowest BCUT2D eigenvalue weighted by molar-refractivity contribution is 0.415. The van der Waals surface area contributed by atoms with Gasteiger partial charge in [-0.2, -0.15) is 5.10 Å². The largest absolute Gasteiger partial charge is 0.497 e. The van der Waals surface area contributed by atoms with Crippen LogP contribution in [-0.4, -0.2) is 17.3 Å². The van der Waals surface area contributed by atoms with Gasteiger partial charge in [0.2, 0.25) is 0 Å². The Morgan fingerprint density at radius 3 is 2.74 bits per heavy atom. The van der Waals surface area contributed by atoms with Crippen molar-refractivity contribution in [3.63, 3.8) is 0 Å². The minimum Gasteiger partial charge on any atom is -0.497 e. The van der Waals surface area contributed by atoms with Gasteiger partial charge in [0, 0.05) is 10.3 Å². The van der Waals surface area contributed by atoms with Crippen molar-refractivity contribution in [3.8, 4) is 16.3 Å². The molecule has 0 bridgehead atoms. The van der Waals surface area contributed by atoms with E-state index in [0.29, 0.717) is 11.1 Å². The summed E-state index contributed by atoms with van der Waals surface area (Å²) in [7, 11) is 1.58. The molecule has 3 rings (SSSR count). The summed E-state index contributed by atoms with van der Waals surface area (Å²) in [4.78, 5) is 14.1. The molecular weight excluding hydrogens is 260 g/mol. The number of fused-ring (bicyclic) bond motifs is 1. The van der Waals surface area contributed by atoms with E-state index < -0.39 is 0 Å². The zero-order valence-electron chi connectivity index (χ0n) is 10.6. The zero-order valence-corrected chi connectivity index (χ0v) is 11.4. The van der Waals surface area contributed by atoms with Crippen LogP contribution in [0.1, 0.15) is 4.88 Å². The van der Waals surface area contributed by atoms with Gasteiger partial charge in [-0.1, -0.05) is 0 Å². The van der Waals surface area contributed by atoms with Crippen LogP contribution in [0.3, 0.4) is 0 Å². The molecule has 0 fully saturated rings. The first-order valence-corrected chi connectivity index (χ1v) is 6.64. The van der Waals surface area contributed by atoms with Gasteiger partial charge in [0.15, 0.2) is 0 Å². The number of methoxy groups -OCH3 is 1. The minimum atomic E-state index is -0.203. The van der Waals surface area contributed by atoms with E-state index in [4.69, 9.17) is 4.74 Å². The monoisotopic (exact) mass is 272 g/mol. The molecule has 0 atom stereocenters. The number of benzene rings is 1. The van der Waals surface area contributed by atoms with Crippen molar-refractivity contribution in [3.05, 3.63) is 45.6 Å². The van der Waals surface area contributed by atoms with Crippen LogP contribution < -0.4 is 10.3 Å². The van der Waals surface area contributed by atoms with E-state index in [1.807, 2.05) is 31.2 Å². The van der Waals surface area contributed by atoms with Crippen molar-refractivity contribution in [2.45, 2.75) is 6.92 Å². The Bertz CT molecular complexity index is 805. The molecule has 0 aliphatic rings. The van der Waals surface area contributed by atoms with Crippen LogP contribution in [0.15, 0.2) is 35.1 Å². The normalized spacial score (nSPS) is 10.8. The predicted octanol–water partition coefficient (Wildman–Crippen LogP) is 2.97. The van der Waals surface area contributed by atoms with Gasteiger partial charge in [-0.25, -0.2) is 5.10 Å². The molecule has 19 heavy (non-hydrogen) atoms. The van der Waals surface area contributed by atoms with Gasteiger partial charge in [0.05, 0.1) is 17.4 Å². The van der Waals surface area contributed by atoms with Crippen molar-refractivity contribution in [1.29, 1.82) is 0 Å². The third-order valence-corrected chi connectivity index (χ3v) is 3.98. The van der Waals surface area contributed by atoms with Crippen LogP contribution in [0.5, 0.6) is 5.75 Å². The number of rotatable bonds is 2. The highest BCUT2D eigenvalue weighted by Gasteiger charge is 2.11. The number of hydrogen-bond donors (Lipinski definition) is 1. The smallest absolute Gasteiger partial charge is 0.272 e. The number of aromatic nitrogens is 2. The number of aryl methyl sites for hydroxylation is 1. The molecule has 0 saturated carbocycles. The highest BCUT2D eigenvalue weighted by atomic mass is 32.1. The highest BCUT2D eigenvalue weighted by Crippen LogP contribution is 2.31. The molecule has 0 radical (unpaired) electrons. The Morgan fingerprint density at radius 1 is 1.21 bits per heavy atom. The van der Waals surface area contributed by atoms with E-state index in [1.165, 1.54) is 4.88 Å². The predicted molar refractivity (Wildman–Crippen MR) is 77.0 cm³/mol. The molecule has 0 amide bonds. The Morgan fingerprint density at radius 2 is 2.05 bits per heavy atom. The Kier molecular flexibility index (Phi) is 2.83. The molecular formula is C14H12N2O2S. The Balaban J connectivity index is 2.32. The maximum absolute atomic E-state index is 11.9. The maximum atomic E-state index is 11.9. The first-order chi connectivity index (χ1) is 9.19. The summed E-state index contributed by atoms with van der Waals surface area (Å²) in [5.41, 5.74) is 0.598. The number of aromatic amines is 1. The van der Waals surface area contributed by atoms with Gasteiger partial charge in [-0.3, -0.25) is 4.79 Å². The van der Waals surface area contributed by atoms with E-state index in [0.717, 1.165) is 16.0 Å². The number of ether oxygens (including phenoxy) is 1. The first kappa shape index (κ1) is 11.9. The van der Waals surface area contributed by atoms with Crippen LogP contribution in [0, 0.1) is 6.92 Å². The van der Waals surface area contributed by atoms with Crippen LogP contribution >= 0.6 is 11.3 Å². The maximum Gasteiger partial charge on any atom is 0.272 e. The molecule has 0 unspecified atom stereocenters. The second kappa shape index (κ2) is 4.51. The van der Waals surface area contributed by atoms with Crippen molar-refractivity contribution >= 4 is 22.1 Å². The van der Waals surface area contributed by atoms with Gasteiger partial charge < -0.3 is 4.74 Å². The van der Waals surface area contributed by atoms with Gasteiger partial charge in [-0.15, -0.1) is 11.3 Å². The molecule has 4 nitrogen and oxygen atoms in total. The molecule has 0 aliphatic heterocycles. The number of nitrogens with one attached hydrogen (secondary N) is 1. The fourth-order valence-corrected chi connectivity index (χ4v) is 2.89. The lowest BCUT2D eigenvalue weighted by Crippen LogP contribution is -2.09.